The van der Waals surface area contributed by atoms with Gasteiger partial charge in [-0.1, -0.05) is 6.08 Å². The smallest absolute Gasteiger partial charge is 0.152 e. The molecule has 0 aromatic carbocycles. The van der Waals surface area contributed by atoms with Crippen LogP contribution in [0.15, 0.2) is 46.8 Å². The molecular weight excluding hydrogens is 390 g/mol. The molecule has 5 heterocycles. The molecule has 0 amide bonds. The van der Waals surface area contributed by atoms with Crippen molar-refractivity contribution in [3.8, 4) is 11.5 Å². The van der Waals surface area contributed by atoms with Gasteiger partial charge >= 0.3 is 0 Å². The summed E-state index contributed by atoms with van der Waals surface area (Å²) in [5, 5.41) is 2.11. The molecule has 0 unspecified atom stereocenters. The zero-order chi connectivity index (χ0) is 19.3. The van der Waals surface area contributed by atoms with E-state index in [1.165, 1.54) is 5.56 Å². The summed E-state index contributed by atoms with van der Waals surface area (Å²) in [6.07, 6.45) is 6.03. The Hall–Kier alpha value is -2.22. The highest BCUT2D eigenvalue weighted by atomic mass is 32.2. The fraction of sp³-hybridized carbons (Fsp3) is 0.286. The molecule has 4 aromatic heterocycles. The standard InChI is InChI=1S/C21H19N3O2S2/c1-4-8-27-20-18-17(22-11-23-20)15-12-9-21(2,3)26-10-13(12)16(24-19(15)28-18)14-6-5-7-25-14/h4-7,11H,1,8-10H2,2-3H3. The predicted molar refractivity (Wildman–Crippen MR) is 114 cm³/mol. The molecule has 0 radical (unpaired) electrons. The second-order valence-corrected chi connectivity index (χ2v) is 9.37. The van der Waals surface area contributed by atoms with Crippen LogP contribution in [0.25, 0.3) is 31.9 Å². The first-order valence-electron chi connectivity index (χ1n) is 9.08. The number of pyridine rings is 1. The highest BCUT2D eigenvalue weighted by molar-refractivity contribution is 7.99. The molecule has 0 aliphatic carbocycles. The number of thioether (sulfide) groups is 1. The highest BCUT2D eigenvalue weighted by Crippen LogP contribution is 2.44. The number of hydrogen-bond donors (Lipinski definition) is 0. The summed E-state index contributed by atoms with van der Waals surface area (Å²) in [4.78, 5) is 15.1. The molecule has 0 N–H and O–H groups in total. The maximum atomic E-state index is 6.12. The van der Waals surface area contributed by atoms with Crippen LogP contribution < -0.4 is 0 Å². The lowest BCUT2D eigenvalue weighted by Gasteiger charge is -2.32. The average Bonchev–Trinajstić information content (AvgIpc) is 3.32. The van der Waals surface area contributed by atoms with E-state index in [4.69, 9.17) is 14.1 Å². The number of furan rings is 1. The normalized spacial score (nSPS) is 15.8. The van der Waals surface area contributed by atoms with E-state index in [-0.39, 0.29) is 5.60 Å². The average molecular weight is 410 g/mol. The van der Waals surface area contributed by atoms with Crippen molar-refractivity contribution < 1.29 is 9.15 Å². The number of thiophene rings is 1. The first kappa shape index (κ1) is 17.8. The largest absolute Gasteiger partial charge is 0.463 e. The molecule has 0 spiro atoms. The van der Waals surface area contributed by atoms with Crippen molar-refractivity contribution in [2.75, 3.05) is 5.75 Å². The Balaban J connectivity index is 1.84. The summed E-state index contributed by atoms with van der Waals surface area (Å²) >= 11 is 3.32. The van der Waals surface area contributed by atoms with Gasteiger partial charge < -0.3 is 9.15 Å². The van der Waals surface area contributed by atoms with E-state index in [2.05, 4.69) is 30.4 Å². The second kappa shape index (κ2) is 6.69. The van der Waals surface area contributed by atoms with Crippen LogP contribution in [0.1, 0.15) is 25.0 Å². The van der Waals surface area contributed by atoms with E-state index in [0.717, 1.165) is 54.7 Å². The topological polar surface area (TPSA) is 61.0 Å². The first-order chi connectivity index (χ1) is 13.6. The van der Waals surface area contributed by atoms with Gasteiger partial charge in [-0.2, -0.15) is 0 Å². The van der Waals surface area contributed by atoms with E-state index < -0.39 is 0 Å². The van der Waals surface area contributed by atoms with E-state index in [0.29, 0.717) is 6.61 Å². The number of rotatable bonds is 4. The van der Waals surface area contributed by atoms with Crippen molar-refractivity contribution in [1.82, 2.24) is 15.0 Å². The lowest BCUT2D eigenvalue weighted by molar-refractivity contribution is -0.0395. The fourth-order valence-corrected chi connectivity index (χ4v) is 5.61. The zero-order valence-corrected chi connectivity index (χ0v) is 17.3. The monoisotopic (exact) mass is 409 g/mol. The third-order valence-electron chi connectivity index (χ3n) is 4.89. The summed E-state index contributed by atoms with van der Waals surface area (Å²) in [6, 6.07) is 3.84. The number of ether oxygens (including phenoxy) is 1. The SMILES string of the molecule is C=CCSc1ncnc2c1sc1nc(-c3ccco3)c3c(c12)CC(C)(C)OC3. The molecule has 7 heteroatoms. The van der Waals surface area contributed by atoms with Gasteiger partial charge in [0.05, 0.1) is 28.7 Å². The number of hydrogen-bond acceptors (Lipinski definition) is 7. The van der Waals surface area contributed by atoms with Crippen LogP contribution in [-0.2, 0) is 17.8 Å². The number of nitrogens with zero attached hydrogens (tertiary/aromatic N) is 3. The molecular formula is C21H19N3O2S2. The molecule has 1 aliphatic rings. The molecule has 142 valence electrons. The van der Waals surface area contributed by atoms with Crippen LogP contribution in [0.2, 0.25) is 0 Å². The van der Waals surface area contributed by atoms with Crippen LogP contribution in [0.5, 0.6) is 0 Å². The van der Waals surface area contributed by atoms with Crippen molar-refractivity contribution in [1.29, 1.82) is 0 Å². The highest BCUT2D eigenvalue weighted by Gasteiger charge is 2.32. The van der Waals surface area contributed by atoms with Gasteiger partial charge in [-0.15, -0.1) is 29.7 Å². The van der Waals surface area contributed by atoms with Gasteiger partial charge in [-0.25, -0.2) is 15.0 Å². The second-order valence-electron chi connectivity index (χ2n) is 7.36. The van der Waals surface area contributed by atoms with E-state index >= 15 is 0 Å². The summed E-state index contributed by atoms with van der Waals surface area (Å²) < 4.78 is 12.9. The quantitative estimate of drug-likeness (QED) is 0.247. The maximum Gasteiger partial charge on any atom is 0.152 e. The van der Waals surface area contributed by atoms with E-state index in [1.54, 1.807) is 35.7 Å². The van der Waals surface area contributed by atoms with Gasteiger partial charge in [0.1, 0.15) is 21.9 Å². The van der Waals surface area contributed by atoms with Crippen molar-refractivity contribution in [2.45, 2.75) is 37.5 Å². The van der Waals surface area contributed by atoms with Crippen LogP contribution in [0.3, 0.4) is 0 Å². The van der Waals surface area contributed by atoms with Crippen molar-refractivity contribution >= 4 is 43.5 Å². The molecule has 1 aliphatic heterocycles. The summed E-state index contributed by atoms with van der Waals surface area (Å²) in [5.74, 6) is 1.58. The molecule has 0 fully saturated rings. The Morgan fingerprint density at radius 1 is 1.32 bits per heavy atom. The Labute approximate surface area is 170 Å². The minimum absolute atomic E-state index is 0.233. The van der Waals surface area contributed by atoms with Crippen molar-refractivity contribution in [3.05, 3.63) is 48.5 Å². The molecule has 4 aromatic rings. The molecule has 0 bridgehead atoms. The summed E-state index contributed by atoms with van der Waals surface area (Å²) in [7, 11) is 0. The first-order valence-corrected chi connectivity index (χ1v) is 10.9. The Kier molecular flexibility index (Phi) is 4.26. The summed E-state index contributed by atoms with van der Waals surface area (Å²) in [6.45, 7) is 8.59. The predicted octanol–water partition coefficient (Wildman–Crippen LogP) is 5.63. The van der Waals surface area contributed by atoms with Crippen LogP contribution in [0, 0.1) is 0 Å². The molecule has 0 saturated carbocycles. The van der Waals surface area contributed by atoms with Gasteiger partial charge in [-0.3, -0.25) is 0 Å². The van der Waals surface area contributed by atoms with E-state index in [1.807, 2.05) is 18.2 Å². The molecule has 28 heavy (non-hydrogen) atoms. The van der Waals surface area contributed by atoms with Gasteiger partial charge in [0, 0.05) is 23.1 Å². The zero-order valence-electron chi connectivity index (χ0n) is 15.7. The van der Waals surface area contributed by atoms with Gasteiger partial charge in [-0.05, 0) is 31.5 Å². The maximum absolute atomic E-state index is 6.12. The van der Waals surface area contributed by atoms with Crippen LogP contribution in [-0.4, -0.2) is 26.3 Å². The fourth-order valence-electron chi connectivity index (χ4n) is 3.64. The van der Waals surface area contributed by atoms with Crippen LogP contribution in [0.4, 0.5) is 0 Å². The van der Waals surface area contributed by atoms with Gasteiger partial charge in [0.2, 0.25) is 0 Å². The third-order valence-corrected chi connectivity index (χ3v) is 7.08. The third kappa shape index (κ3) is 2.85. The number of fused-ring (bicyclic) bond motifs is 5. The van der Waals surface area contributed by atoms with Crippen molar-refractivity contribution in [2.24, 2.45) is 0 Å². The van der Waals surface area contributed by atoms with Gasteiger partial charge in [0.15, 0.2) is 5.76 Å². The molecule has 5 rings (SSSR count). The van der Waals surface area contributed by atoms with Crippen molar-refractivity contribution in [3.63, 3.8) is 0 Å². The van der Waals surface area contributed by atoms with E-state index in [9.17, 15) is 0 Å². The minimum Gasteiger partial charge on any atom is -0.463 e. The number of aromatic nitrogens is 3. The summed E-state index contributed by atoms with van der Waals surface area (Å²) in [5.41, 5.74) is 3.97. The lowest BCUT2D eigenvalue weighted by atomic mass is 9.89. The Morgan fingerprint density at radius 3 is 3.00 bits per heavy atom. The Morgan fingerprint density at radius 2 is 2.21 bits per heavy atom. The molecule has 5 nitrogen and oxygen atoms in total. The minimum atomic E-state index is -0.233. The molecule has 0 saturated heterocycles. The lowest BCUT2D eigenvalue weighted by Crippen LogP contribution is -2.32. The van der Waals surface area contributed by atoms with Gasteiger partial charge in [0.25, 0.3) is 0 Å². The Bertz CT molecular complexity index is 1200. The molecule has 0 atom stereocenters. The van der Waals surface area contributed by atoms with Crippen LogP contribution >= 0.6 is 23.1 Å².